The molecule has 12 heavy (non-hydrogen) atoms. The van der Waals surface area contributed by atoms with Gasteiger partial charge in [0.15, 0.2) is 0 Å². The number of hydrogen-bond donors (Lipinski definition) is 0. The number of aryl methyl sites for hydroxylation is 2. The standard InChI is InChI=1S/C10H11O.W/c1-8-5-9(2)7-10(6-8)3-4-11;/h4,6-7H,3H2,1-2H3;/q-1;. The predicted molar refractivity (Wildman–Crippen MR) is 44.5 cm³/mol. The Hall–Kier alpha value is -0.422. The fraction of sp³-hybridized carbons (Fsp3) is 0.300. The van der Waals surface area contributed by atoms with Crippen LogP contribution in [0.15, 0.2) is 12.1 Å². The van der Waals surface area contributed by atoms with E-state index in [0.29, 0.717) is 6.42 Å². The van der Waals surface area contributed by atoms with E-state index in [4.69, 9.17) is 0 Å². The van der Waals surface area contributed by atoms with Crippen molar-refractivity contribution in [3.8, 4) is 0 Å². The summed E-state index contributed by atoms with van der Waals surface area (Å²) < 4.78 is 0. The van der Waals surface area contributed by atoms with Crippen molar-refractivity contribution in [2.24, 2.45) is 0 Å². The molecule has 0 saturated carbocycles. The van der Waals surface area contributed by atoms with E-state index in [1.54, 1.807) is 0 Å². The Kier molecular flexibility index (Phi) is 5.08. The molecule has 1 rings (SSSR count). The molecule has 0 aromatic heterocycles. The fourth-order valence-electron chi connectivity index (χ4n) is 1.20. The molecule has 0 radical (unpaired) electrons. The van der Waals surface area contributed by atoms with Gasteiger partial charge in [-0.25, -0.2) is 0 Å². The quantitative estimate of drug-likeness (QED) is 0.597. The third-order valence-electron chi connectivity index (χ3n) is 1.52. The normalized spacial score (nSPS) is 8.83. The van der Waals surface area contributed by atoms with E-state index in [9.17, 15) is 4.79 Å². The first kappa shape index (κ1) is 11.6. The molecule has 0 bridgehead atoms. The van der Waals surface area contributed by atoms with Crippen molar-refractivity contribution in [2.75, 3.05) is 0 Å². The van der Waals surface area contributed by atoms with Gasteiger partial charge in [0.1, 0.15) is 6.29 Å². The maximum Gasteiger partial charge on any atom is 0.122 e. The molecule has 0 unspecified atom stereocenters. The van der Waals surface area contributed by atoms with Gasteiger partial charge in [-0.15, -0.1) is 0 Å². The molecule has 0 saturated heterocycles. The third kappa shape index (κ3) is 3.32. The third-order valence-corrected chi connectivity index (χ3v) is 1.52. The molecule has 0 atom stereocenters. The van der Waals surface area contributed by atoms with E-state index in [1.165, 1.54) is 0 Å². The summed E-state index contributed by atoms with van der Waals surface area (Å²) in [6.07, 6.45) is 1.44. The van der Waals surface area contributed by atoms with Gasteiger partial charge in [-0.05, 0) is 0 Å². The molecule has 64 valence electrons. The van der Waals surface area contributed by atoms with E-state index in [0.717, 1.165) is 23.0 Å². The first-order chi connectivity index (χ1) is 5.22. The molecule has 0 aliphatic rings. The number of hydrogen-bond acceptors (Lipinski definition) is 1. The summed E-state index contributed by atoms with van der Waals surface area (Å²) in [7, 11) is 0. The Bertz CT molecular complexity index is 248. The van der Waals surface area contributed by atoms with Gasteiger partial charge in [0.05, 0.1) is 0 Å². The van der Waals surface area contributed by atoms with Crippen LogP contribution in [0.2, 0.25) is 0 Å². The second-order valence-corrected chi connectivity index (χ2v) is 2.73. The van der Waals surface area contributed by atoms with Gasteiger partial charge in [-0.1, -0.05) is 13.8 Å². The molecule has 0 heterocycles. The number of aldehydes is 1. The van der Waals surface area contributed by atoms with Gasteiger partial charge in [0.2, 0.25) is 0 Å². The summed E-state index contributed by atoms with van der Waals surface area (Å²) in [5, 5.41) is 0. The van der Waals surface area contributed by atoms with E-state index in [1.807, 2.05) is 26.0 Å². The average molecular weight is 331 g/mol. The Morgan fingerprint density at radius 3 is 2.25 bits per heavy atom. The maximum atomic E-state index is 10.2. The number of benzene rings is 1. The minimum absolute atomic E-state index is 0. The predicted octanol–water partition coefficient (Wildman–Crippen LogP) is 1.84. The SMILES string of the molecule is Cc1[c-]c(C)cc(CC=O)c1.[W]. The van der Waals surface area contributed by atoms with Crippen LogP contribution in [0.3, 0.4) is 0 Å². The fourth-order valence-corrected chi connectivity index (χ4v) is 1.20. The molecule has 0 aliphatic carbocycles. The summed E-state index contributed by atoms with van der Waals surface area (Å²) in [5.41, 5.74) is 3.28. The second kappa shape index (κ2) is 5.26. The second-order valence-electron chi connectivity index (χ2n) is 2.73. The summed E-state index contributed by atoms with van der Waals surface area (Å²) in [4.78, 5) is 10.2. The molecule has 1 aromatic carbocycles. The van der Waals surface area contributed by atoms with Crippen molar-refractivity contribution in [3.05, 3.63) is 34.9 Å². The van der Waals surface area contributed by atoms with Gasteiger partial charge in [0.25, 0.3) is 0 Å². The first-order valence-electron chi connectivity index (χ1n) is 3.65. The number of carbonyl (C=O) groups is 1. The van der Waals surface area contributed by atoms with E-state index >= 15 is 0 Å². The van der Waals surface area contributed by atoms with Crippen molar-refractivity contribution >= 4 is 6.29 Å². The van der Waals surface area contributed by atoms with E-state index < -0.39 is 0 Å². The molecule has 0 fully saturated rings. The molecule has 1 nitrogen and oxygen atoms in total. The zero-order valence-electron chi connectivity index (χ0n) is 7.26. The van der Waals surface area contributed by atoms with Crippen LogP contribution in [0.25, 0.3) is 0 Å². The smallest absolute Gasteiger partial charge is 0.122 e. The monoisotopic (exact) mass is 331 g/mol. The molecule has 0 aliphatic heterocycles. The number of carbonyl (C=O) groups excluding carboxylic acids is 1. The van der Waals surface area contributed by atoms with Gasteiger partial charge < -0.3 is 4.79 Å². The van der Waals surface area contributed by atoms with Crippen LogP contribution < -0.4 is 0 Å². The first-order valence-corrected chi connectivity index (χ1v) is 3.65. The van der Waals surface area contributed by atoms with Crippen molar-refractivity contribution < 1.29 is 25.9 Å². The van der Waals surface area contributed by atoms with Crippen molar-refractivity contribution in [1.29, 1.82) is 0 Å². The van der Waals surface area contributed by atoms with E-state index in [2.05, 4.69) is 6.07 Å². The minimum atomic E-state index is 0. The molecule has 0 spiro atoms. The summed E-state index contributed by atoms with van der Waals surface area (Å²) in [5.74, 6) is 0. The van der Waals surface area contributed by atoms with Gasteiger partial charge in [-0.2, -0.15) is 34.9 Å². The Morgan fingerprint density at radius 1 is 1.33 bits per heavy atom. The maximum absolute atomic E-state index is 10.2. The zero-order valence-corrected chi connectivity index (χ0v) is 10.2. The Morgan fingerprint density at radius 2 is 1.83 bits per heavy atom. The minimum Gasteiger partial charge on any atom is -0.303 e. The molecular formula is C10H11OW-. The molecule has 0 N–H and O–H groups in total. The summed E-state index contributed by atoms with van der Waals surface area (Å²) in [6.45, 7) is 3.97. The van der Waals surface area contributed by atoms with Crippen molar-refractivity contribution in [1.82, 2.24) is 0 Å². The van der Waals surface area contributed by atoms with Crippen LogP contribution in [-0.4, -0.2) is 6.29 Å². The van der Waals surface area contributed by atoms with Gasteiger partial charge >= 0.3 is 0 Å². The molecular weight excluding hydrogens is 320 g/mol. The topological polar surface area (TPSA) is 17.1 Å². The van der Waals surface area contributed by atoms with Gasteiger partial charge in [-0.3, -0.25) is 0 Å². The van der Waals surface area contributed by atoms with Crippen molar-refractivity contribution in [2.45, 2.75) is 20.3 Å². The van der Waals surface area contributed by atoms with E-state index in [-0.39, 0.29) is 21.1 Å². The van der Waals surface area contributed by atoms with Crippen LogP contribution in [0.1, 0.15) is 16.7 Å². The molecule has 2 heteroatoms. The van der Waals surface area contributed by atoms with Crippen molar-refractivity contribution in [3.63, 3.8) is 0 Å². The Balaban J connectivity index is 0.00000121. The Labute approximate surface area is 87.4 Å². The summed E-state index contributed by atoms with van der Waals surface area (Å²) >= 11 is 0. The van der Waals surface area contributed by atoms with Crippen LogP contribution in [0.4, 0.5) is 0 Å². The van der Waals surface area contributed by atoms with Crippen LogP contribution in [0.5, 0.6) is 0 Å². The number of rotatable bonds is 2. The van der Waals surface area contributed by atoms with Crippen LogP contribution in [-0.2, 0) is 32.3 Å². The largest absolute Gasteiger partial charge is 0.303 e. The average Bonchev–Trinajstić information content (AvgIpc) is 1.85. The van der Waals surface area contributed by atoms with Crippen LogP contribution in [0, 0.1) is 19.9 Å². The van der Waals surface area contributed by atoms with Gasteiger partial charge in [0, 0.05) is 27.5 Å². The molecule has 1 aromatic rings. The molecule has 0 amide bonds. The van der Waals surface area contributed by atoms with Crippen LogP contribution >= 0.6 is 0 Å². The zero-order chi connectivity index (χ0) is 8.27. The summed E-state index contributed by atoms with van der Waals surface area (Å²) in [6, 6.07) is 7.13.